The highest BCUT2D eigenvalue weighted by molar-refractivity contribution is 9.10. The topological polar surface area (TPSA) is 79.0 Å². The Morgan fingerprint density at radius 3 is 2.94 bits per heavy atom. The van der Waals surface area contributed by atoms with Crippen LogP contribution in [-0.4, -0.2) is 11.0 Å². The van der Waals surface area contributed by atoms with Crippen molar-refractivity contribution in [2.45, 2.75) is 25.3 Å². The van der Waals surface area contributed by atoms with Crippen molar-refractivity contribution in [2.24, 2.45) is 5.92 Å². The lowest BCUT2D eigenvalue weighted by Crippen LogP contribution is -2.23. The Balaban J connectivity index is 2.24. The molecule has 94 valence electrons. The van der Waals surface area contributed by atoms with Gasteiger partial charge in [-0.25, -0.2) is 0 Å². The van der Waals surface area contributed by atoms with Crippen LogP contribution in [0.1, 0.15) is 19.3 Å². The van der Waals surface area contributed by atoms with E-state index in [9.17, 15) is 10.1 Å². The molecule has 18 heavy (non-hydrogen) atoms. The molecule has 0 radical (unpaired) electrons. The maximum atomic E-state index is 11.0. The number of anilines is 1. The van der Waals surface area contributed by atoms with E-state index < -0.39 is 4.92 Å². The minimum atomic E-state index is -0.413. The van der Waals surface area contributed by atoms with E-state index in [-0.39, 0.29) is 17.6 Å². The summed E-state index contributed by atoms with van der Waals surface area (Å²) in [4.78, 5) is 10.6. The minimum Gasteiger partial charge on any atom is -0.375 e. The van der Waals surface area contributed by atoms with Crippen molar-refractivity contribution < 1.29 is 4.92 Å². The second-order valence-corrected chi connectivity index (χ2v) is 5.25. The first-order valence-corrected chi connectivity index (χ1v) is 6.51. The summed E-state index contributed by atoms with van der Waals surface area (Å²) >= 11 is 3.22. The largest absolute Gasteiger partial charge is 0.375 e. The smallest absolute Gasteiger partial charge is 0.293 e. The molecular weight excluding hydrogens is 298 g/mol. The summed E-state index contributed by atoms with van der Waals surface area (Å²) < 4.78 is 0.669. The van der Waals surface area contributed by atoms with E-state index in [4.69, 9.17) is 5.26 Å². The second kappa shape index (κ2) is 5.36. The Morgan fingerprint density at radius 2 is 2.28 bits per heavy atom. The van der Waals surface area contributed by atoms with Gasteiger partial charge in [-0.2, -0.15) is 5.26 Å². The van der Waals surface area contributed by atoms with Gasteiger partial charge in [0.15, 0.2) is 0 Å². The van der Waals surface area contributed by atoms with Crippen LogP contribution in [0.5, 0.6) is 0 Å². The zero-order valence-electron chi connectivity index (χ0n) is 9.60. The SMILES string of the molecule is N#CC1CCCC1Nc1ccc(Br)cc1[N+](=O)[O-]. The first-order chi connectivity index (χ1) is 8.61. The number of nitro benzene ring substituents is 1. The lowest BCUT2D eigenvalue weighted by Gasteiger charge is -2.16. The fourth-order valence-corrected chi connectivity index (χ4v) is 2.61. The zero-order chi connectivity index (χ0) is 13.1. The molecule has 0 amide bonds. The van der Waals surface area contributed by atoms with Crippen molar-refractivity contribution in [1.29, 1.82) is 5.26 Å². The Labute approximate surface area is 113 Å². The molecule has 1 aliphatic carbocycles. The van der Waals surface area contributed by atoms with Crippen LogP contribution in [-0.2, 0) is 0 Å². The van der Waals surface area contributed by atoms with Gasteiger partial charge in [0, 0.05) is 16.6 Å². The highest BCUT2D eigenvalue weighted by atomic mass is 79.9. The lowest BCUT2D eigenvalue weighted by molar-refractivity contribution is -0.384. The quantitative estimate of drug-likeness (QED) is 0.685. The highest BCUT2D eigenvalue weighted by Crippen LogP contribution is 2.33. The lowest BCUT2D eigenvalue weighted by atomic mass is 10.1. The van der Waals surface area contributed by atoms with Crippen LogP contribution in [0.25, 0.3) is 0 Å². The summed E-state index contributed by atoms with van der Waals surface area (Å²) in [5, 5.41) is 23.1. The van der Waals surface area contributed by atoms with Crippen LogP contribution >= 0.6 is 15.9 Å². The molecule has 2 rings (SSSR count). The molecule has 5 nitrogen and oxygen atoms in total. The first-order valence-electron chi connectivity index (χ1n) is 5.72. The van der Waals surface area contributed by atoms with Gasteiger partial charge >= 0.3 is 0 Å². The Hall–Kier alpha value is -1.61. The number of benzene rings is 1. The van der Waals surface area contributed by atoms with Crippen LogP contribution in [0.4, 0.5) is 11.4 Å². The summed E-state index contributed by atoms with van der Waals surface area (Å²) in [7, 11) is 0. The molecule has 6 heteroatoms. The number of hydrogen-bond acceptors (Lipinski definition) is 4. The Kier molecular flexibility index (Phi) is 3.82. The van der Waals surface area contributed by atoms with Crippen LogP contribution < -0.4 is 5.32 Å². The number of nitro groups is 1. The molecule has 0 aromatic heterocycles. The van der Waals surface area contributed by atoms with Gasteiger partial charge in [-0.3, -0.25) is 10.1 Å². The van der Waals surface area contributed by atoms with Crippen LogP contribution in [0.15, 0.2) is 22.7 Å². The molecule has 0 bridgehead atoms. The molecule has 1 fully saturated rings. The first kappa shape index (κ1) is 12.8. The van der Waals surface area contributed by atoms with Crippen molar-refractivity contribution in [3.8, 4) is 6.07 Å². The standard InChI is InChI=1S/C12H12BrN3O2/c13-9-4-5-11(12(6-9)16(17)18)15-10-3-1-2-8(10)7-14/h4-6,8,10,15H,1-3H2. The van der Waals surface area contributed by atoms with Crippen LogP contribution in [0.2, 0.25) is 0 Å². The van der Waals surface area contributed by atoms with E-state index in [1.807, 2.05) is 0 Å². The van der Waals surface area contributed by atoms with Crippen molar-refractivity contribution in [3.05, 3.63) is 32.8 Å². The van der Waals surface area contributed by atoms with Crippen LogP contribution in [0.3, 0.4) is 0 Å². The summed E-state index contributed by atoms with van der Waals surface area (Å²) in [6.45, 7) is 0. The maximum absolute atomic E-state index is 11.0. The highest BCUT2D eigenvalue weighted by Gasteiger charge is 2.28. The number of nitriles is 1. The molecule has 0 spiro atoms. The van der Waals surface area contributed by atoms with Gasteiger partial charge < -0.3 is 5.32 Å². The van der Waals surface area contributed by atoms with E-state index in [1.165, 1.54) is 6.07 Å². The van der Waals surface area contributed by atoms with Gasteiger partial charge in [0.25, 0.3) is 5.69 Å². The predicted octanol–water partition coefficient (Wildman–Crippen LogP) is 3.46. The van der Waals surface area contributed by atoms with Gasteiger partial charge in [-0.15, -0.1) is 0 Å². The summed E-state index contributed by atoms with van der Waals surface area (Å²) in [5.74, 6) is -0.0618. The van der Waals surface area contributed by atoms with Gasteiger partial charge in [0.2, 0.25) is 0 Å². The number of hydrogen-bond donors (Lipinski definition) is 1. The van der Waals surface area contributed by atoms with Gasteiger partial charge in [-0.1, -0.05) is 15.9 Å². The monoisotopic (exact) mass is 309 g/mol. The molecule has 0 aliphatic heterocycles. The summed E-state index contributed by atoms with van der Waals surface area (Å²) in [5.41, 5.74) is 0.517. The number of nitrogens with zero attached hydrogens (tertiary/aromatic N) is 2. The van der Waals surface area contributed by atoms with Crippen molar-refractivity contribution in [2.75, 3.05) is 5.32 Å². The molecule has 1 aliphatic rings. The normalized spacial score (nSPS) is 22.4. The van der Waals surface area contributed by atoms with E-state index >= 15 is 0 Å². The summed E-state index contributed by atoms with van der Waals surface area (Å²) in [6.07, 6.45) is 2.73. The fourth-order valence-electron chi connectivity index (χ4n) is 2.26. The predicted molar refractivity (Wildman–Crippen MR) is 71.2 cm³/mol. The van der Waals surface area contributed by atoms with Gasteiger partial charge in [0.05, 0.1) is 16.9 Å². The third kappa shape index (κ3) is 2.62. The van der Waals surface area contributed by atoms with E-state index in [1.54, 1.807) is 12.1 Å². The fraction of sp³-hybridized carbons (Fsp3) is 0.417. The van der Waals surface area contributed by atoms with E-state index in [0.717, 1.165) is 19.3 Å². The van der Waals surface area contributed by atoms with Gasteiger partial charge in [0.1, 0.15) is 5.69 Å². The summed E-state index contributed by atoms with van der Waals surface area (Å²) in [6, 6.07) is 7.16. The number of rotatable bonds is 3. The average molecular weight is 310 g/mol. The molecule has 0 saturated heterocycles. The minimum absolute atomic E-state index is 0.00914. The number of halogens is 1. The van der Waals surface area contributed by atoms with Crippen molar-refractivity contribution in [3.63, 3.8) is 0 Å². The average Bonchev–Trinajstić information content (AvgIpc) is 2.78. The van der Waals surface area contributed by atoms with Crippen molar-refractivity contribution in [1.82, 2.24) is 0 Å². The molecule has 2 atom stereocenters. The Morgan fingerprint density at radius 1 is 1.50 bits per heavy atom. The zero-order valence-corrected chi connectivity index (χ0v) is 11.2. The molecular formula is C12H12BrN3O2. The van der Waals surface area contributed by atoms with Crippen LogP contribution in [0, 0.1) is 27.4 Å². The molecule has 1 saturated carbocycles. The third-order valence-electron chi connectivity index (χ3n) is 3.18. The third-order valence-corrected chi connectivity index (χ3v) is 3.67. The van der Waals surface area contributed by atoms with Crippen molar-refractivity contribution >= 4 is 27.3 Å². The van der Waals surface area contributed by atoms with E-state index in [2.05, 4.69) is 27.3 Å². The second-order valence-electron chi connectivity index (χ2n) is 4.34. The number of nitrogens with one attached hydrogen (secondary N) is 1. The Bertz CT molecular complexity index is 513. The van der Waals surface area contributed by atoms with Gasteiger partial charge in [-0.05, 0) is 31.4 Å². The molecule has 1 N–H and O–H groups in total. The molecule has 1 aromatic carbocycles. The molecule has 1 aromatic rings. The molecule has 0 heterocycles. The van der Waals surface area contributed by atoms with E-state index in [0.29, 0.717) is 10.2 Å². The maximum Gasteiger partial charge on any atom is 0.293 e. The molecule has 2 unspecified atom stereocenters.